The lowest BCUT2D eigenvalue weighted by Crippen LogP contribution is -2.44. The number of thioether (sulfide) groups is 1. The quantitative estimate of drug-likeness (QED) is 0.318. The number of fused-ring (bicyclic) bond motifs is 1. The highest BCUT2D eigenvalue weighted by molar-refractivity contribution is 7.98. The zero-order chi connectivity index (χ0) is 29.1. The molecule has 14 heteroatoms. The van der Waals surface area contributed by atoms with E-state index in [2.05, 4.69) is 16.0 Å². The Hall–Kier alpha value is -4.33. The number of anilines is 1. The van der Waals surface area contributed by atoms with Gasteiger partial charge in [-0.2, -0.15) is 11.8 Å². The summed E-state index contributed by atoms with van der Waals surface area (Å²) in [6, 6.07) is 5.79. The molecule has 1 atom stereocenters. The summed E-state index contributed by atoms with van der Waals surface area (Å²) in [7, 11) is 4.27. The summed E-state index contributed by atoms with van der Waals surface area (Å²) in [5.41, 5.74) is 0.531. The summed E-state index contributed by atoms with van der Waals surface area (Å²) in [6.07, 6.45) is 2.08. The van der Waals surface area contributed by atoms with E-state index in [4.69, 9.17) is 28.4 Å². The SMILES string of the molecule is COc1cc(C(=O)NC(CCSC)C(=O)OCC(=O)NC(=O)Nc2ccc3c(c2)OCCO3)cc(OC)c1OC. The van der Waals surface area contributed by atoms with E-state index in [-0.39, 0.29) is 23.5 Å². The van der Waals surface area contributed by atoms with Gasteiger partial charge in [0.15, 0.2) is 29.6 Å². The number of benzene rings is 2. The molecule has 0 aromatic heterocycles. The maximum absolute atomic E-state index is 13.0. The Morgan fingerprint density at radius 3 is 2.25 bits per heavy atom. The molecule has 0 aliphatic carbocycles. The van der Waals surface area contributed by atoms with Gasteiger partial charge in [0, 0.05) is 17.3 Å². The van der Waals surface area contributed by atoms with Gasteiger partial charge < -0.3 is 39.1 Å². The van der Waals surface area contributed by atoms with E-state index in [0.29, 0.717) is 41.9 Å². The number of urea groups is 1. The predicted octanol–water partition coefficient (Wildman–Crippen LogP) is 2.23. The van der Waals surface area contributed by atoms with Gasteiger partial charge in [-0.05, 0) is 42.7 Å². The number of carbonyl (C=O) groups is 4. The van der Waals surface area contributed by atoms with Crippen LogP contribution in [-0.2, 0) is 14.3 Å². The first-order valence-corrected chi connectivity index (χ1v) is 13.5. The van der Waals surface area contributed by atoms with Crippen LogP contribution in [0.1, 0.15) is 16.8 Å². The van der Waals surface area contributed by atoms with Crippen LogP contribution in [0.25, 0.3) is 0 Å². The van der Waals surface area contributed by atoms with Crippen LogP contribution >= 0.6 is 11.8 Å². The lowest BCUT2D eigenvalue weighted by molar-refractivity contribution is -0.150. The van der Waals surface area contributed by atoms with E-state index in [1.54, 1.807) is 18.2 Å². The van der Waals surface area contributed by atoms with Crippen molar-refractivity contribution in [1.29, 1.82) is 0 Å². The first kappa shape index (κ1) is 30.2. The molecule has 1 unspecified atom stereocenters. The number of amides is 4. The van der Waals surface area contributed by atoms with Crippen LogP contribution in [0, 0.1) is 0 Å². The molecule has 0 radical (unpaired) electrons. The fraction of sp³-hybridized carbons (Fsp3) is 0.385. The van der Waals surface area contributed by atoms with Crippen molar-refractivity contribution in [3.05, 3.63) is 35.9 Å². The summed E-state index contributed by atoms with van der Waals surface area (Å²) in [5, 5.41) is 7.19. The molecule has 3 N–H and O–H groups in total. The highest BCUT2D eigenvalue weighted by Crippen LogP contribution is 2.38. The minimum Gasteiger partial charge on any atom is -0.493 e. The second-order valence-electron chi connectivity index (χ2n) is 8.19. The summed E-state index contributed by atoms with van der Waals surface area (Å²) in [5.74, 6) is 0.0969. The van der Waals surface area contributed by atoms with Crippen molar-refractivity contribution < 1.29 is 47.6 Å². The van der Waals surface area contributed by atoms with Gasteiger partial charge in [-0.25, -0.2) is 9.59 Å². The van der Waals surface area contributed by atoms with Crippen LogP contribution in [-0.4, -0.2) is 83.0 Å². The van der Waals surface area contributed by atoms with E-state index < -0.39 is 36.5 Å². The van der Waals surface area contributed by atoms with E-state index in [9.17, 15) is 19.2 Å². The summed E-state index contributed by atoms with van der Waals surface area (Å²) in [4.78, 5) is 50.2. The molecule has 13 nitrogen and oxygen atoms in total. The molecular weight excluding hydrogens is 546 g/mol. The molecule has 0 saturated heterocycles. The maximum atomic E-state index is 13.0. The molecule has 216 valence electrons. The second-order valence-corrected chi connectivity index (χ2v) is 9.18. The Bertz CT molecular complexity index is 1210. The van der Waals surface area contributed by atoms with Crippen LogP contribution in [0.5, 0.6) is 28.7 Å². The Balaban J connectivity index is 1.57. The fourth-order valence-electron chi connectivity index (χ4n) is 3.62. The van der Waals surface area contributed by atoms with E-state index >= 15 is 0 Å². The number of esters is 1. The molecule has 3 rings (SSSR count). The van der Waals surface area contributed by atoms with Gasteiger partial charge in [-0.3, -0.25) is 14.9 Å². The number of hydrogen-bond acceptors (Lipinski definition) is 11. The maximum Gasteiger partial charge on any atom is 0.329 e. The molecule has 2 aromatic rings. The zero-order valence-corrected chi connectivity index (χ0v) is 23.3. The van der Waals surface area contributed by atoms with E-state index in [0.717, 1.165) is 0 Å². The molecular formula is C26H31N3O10S. The molecule has 0 bridgehead atoms. The minimum atomic E-state index is -1.06. The van der Waals surface area contributed by atoms with Gasteiger partial charge in [0.25, 0.3) is 11.8 Å². The number of imide groups is 1. The topological polar surface area (TPSA) is 160 Å². The summed E-state index contributed by atoms with van der Waals surface area (Å²) in [6.45, 7) is 0.0802. The third-order valence-corrected chi connectivity index (χ3v) is 6.17. The molecule has 4 amide bonds. The molecule has 0 saturated carbocycles. The first-order chi connectivity index (χ1) is 19.3. The highest BCUT2D eigenvalue weighted by atomic mass is 32.2. The largest absolute Gasteiger partial charge is 0.493 e. The number of carbonyl (C=O) groups excluding carboxylic acids is 4. The molecule has 2 aromatic carbocycles. The Morgan fingerprint density at radius 2 is 1.62 bits per heavy atom. The van der Waals surface area contributed by atoms with Crippen LogP contribution in [0.2, 0.25) is 0 Å². The van der Waals surface area contributed by atoms with Crippen molar-refractivity contribution in [3.8, 4) is 28.7 Å². The van der Waals surface area contributed by atoms with Crippen molar-refractivity contribution in [2.75, 3.05) is 58.5 Å². The lowest BCUT2D eigenvalue weighted by atomic mass is 10.1. The van der Waals surface area contributed by atoms with Gasteiger partial charge in [0.05, 0.1) is 21.3 Å². The van der Waals surface area contributed by atoms with E-state index in [1.807, 2.05) is 6.26 Å². The van der Waals surface area contributed by atoms with Gasteiger partial charge in [0.1, 0.15) is 19.3 Å². The molecule has 1 aliphatic heterocycles. The number of rotatable bonds is 12. The highest BCUT2D eigenvalue weighted by Gasteiger charge is 2.25. The van der Waals surface area contributed by atoms with Crippen LogP contribution < -0.4 is 39.6 Å². The van der Waals surface area contributed by atoms with E-state index in [1.165, 1.54) is 45.2 Å². The third-order valence-electron chi connectivity index (χ3n) is 5.53. The predicted molar refractivity (Wildman–Crippen MR) is 146 cm³/mol. The average Bonchev–Trinajstić information content (AvgIpc) is 2.96. The molecule has 0 spiro atoms. The second kappa shape index (κ2) is 14.7. The molecule has 40 heavy (non-hydrogen) atoms. The van der Waals surface area contributed by atoms with Gasteiger partial charge in [-0.15, -0.1) is 0 Å². The number of methoxy groups -OCH3 is 3. The fourth-order valence-corrected chi connectivity index (χ4v) is 4.09. The molecule has 1 heterocycles. The average molecular weight is 578 g/mol. The van der Waals surface area contributed by atoms with Crippen LogP contribution in [0.3, 0.4) is 0 Å². The van der Waals surface area contributed by atoms with Crippen molar-refractivity contribution in [2.24, 2.45) is 0 Å². The van der Waals surface area contributed by atoms with Crippen molar-refractivity contribution in [3.63, 3.8) is 0 Å². The Morgan fingerprint density at radius 1 is 0.950 bits per heavy atom. The van der Waals surface area contributed by atoms with Crippen molar-refractivity contribution in [1.82, 2.24) is 10.6 Å². The zero-order valence-electron chi connectivity index (χ0n) is 22.5. The minimum absolute atomic E-state index is 0.157. The third kappa shape index (κ3) is 8.09. The smallest absolute Gasteiger partial charge is 0.329 e. The van der Waals surface area contributed by atoms with Gasteiger partial charge in [-0.1, -0.05) is 0 Å². The Labute approximate surface area is 235 Å². The Kier molecular flexibility index (Phi) is 11.1. The lowest BCUT2D eigenvalue weighted by Gasteiger charge is -2.19. The number of nitrogens with one attached hydrogen (secondary N) is 3. The van der Waals surface area contributed by atoms with Gasteiger partial charge in [0.2, 0.25) is 5.75 Å². The molecule has 1 aliphatic rings. The number of hydrogen-bond donors (Lipinski definition) is 3. The first-order valence-electron chi connectivity index (χ1n) is 12.1. The number of ether oxygens (including phenoxy) is 6. The summed E-state index contributed by atoms with van der Waals surface area (Å²) >= 11 is 1.46. The van der Waals surface area contributed by atoms with Crippen LogP contribution in [0.15, 0.2) is 30.3 Å². The standard InChI is InChI=1S/C26H31N3O10S/c1-34-20-11-15(12-21(35-2)23(20)36-3)24(31)28-17(7-10-40-4)25(32)39-14-22(30)29-26(33)27-16-5-6-18-19(13-16)38-9-8-37-18/h5-6,11-13,17H,7-10,14H2,1-4H3,(H,28,31)(H2,27,29,30,33). The van der Waals surface area contributed by atoms with Crippen molar-refractivity contribution >= 4 is 41.3 Å². The van der Waals surface area contributed by atoms with Crippen molar-refractivity contribution in [2.45, 2.75) is 12.5 Å². The van der Waals surface area contributed by atoms with Crippen LogP contribution in [0.4, 0.5) is 10.5 Å². The normalized spacial score (nSPS) is 12.4. The summed E-state index contributed by atoms with van der Waals surface area (Å²) < 4.78 is 31.8. The monoisotopic (exact) mass is 577 g/mol. The molecule has 0 fully saturated rings. The van der Waals surface area contributed by atoms with Gasteiger partial charge >= 0.3 is 12.0 Å².